The number of nitrogens with zero attached hydrogens (tertiary/aromatic N) is 3. The summed E-state index contributed by atoms with van der Waals surface area (Å²) >= 11 is 0. The van der Waals surface area contributed by atoms with Gasteiger partial charge in [0.15, 0.2) is 0 Å². The maximum atomic E-state index is 14.1. The largest absolute Gasteiger partial charge is 0.485 e. The van der Waals surface area contributed by atoms with Gasteiger partial charge in [0.1, 0.15) is 29.2 Å². The lowest BCUT2D eigenvalue weighted by Crippen LogP contribution is -2.49. The third-order valence-electron chi connectivity index (χ3n) is 9.66. The van der Waals surface area contributed by atoms with Gasteiger partial charge in [0.25, 0.3) is 5.91 Å². The number of carbonyl (C=O) groups is 2. The highest BCUT2D eigenvalue weighted by Crippen LogP contribution is 2.58. The SMILES string of the molecule is O=C1CCc2c(Oc3ccc4c(c3)C3C(=CNC(=O)c5ccc(CN6CCN7CCCC7C6)c(C(F)(F)F)c5)C3O4)ccnc2N1. The van der Waals surface area contributed by atoms with Crippen molar-refractivity contribution in [3.05, 3.63) is 88.3 Å². The van der Waals surface area contributed by atoms with Crippen LogP contribution in [0.3, 0.4) is 0 Å². The zero-order valence-electron chi connectivity index (χ0n) is 24.9. The lowest BCUT2D eigenvalue weighted by atomic mass is 10.0. The molecule has 0 bridgehead atoms. The molecule has 9 nitrogen and oxygen atoms in total. The predicted octanol–water partition coefficient (Wildman–Crippen LogP) is 5.23. The summed E-state index contributed by atoms with van der Waals surface area (Å²) in [5, 5.41) is 5.45. The van der Waals surface area contributed by atoms with E-state index in [9.17, 15) is 22.8 Å². The number of halogens is 3. The van der Waals surface area contributed by atoms with E-state index in [4.69, 9.17) is 9.47 Å². The van der Waals surface area contributed by atoms with Crippen molar-refractivity contribution in [3.63, 3.8) is 0 Å². The summed E-state index contributed by atoms with van der Waals surface area (Å²) in [7, 11) is 0. The Kier molecular flexibility index (Phi) is 7.02. The summed E-state index contributed by atoms with van der Waals surface area (Å²) in [5.41, 5.74) is 1.94. The van der Waals surface area contributed by atoms with E-state index in [0.717, 1.165) is 67.5 Å². The molecule has 2 N–H and O–H groups in total. The third-order valence-corrected chi connectivity index (χ3v) is 9.66. The number of anilines is 1. The van der Waals surface area contributed by atoms with Crippen molar-refractivity contribution in [1.29, 1.82) is 0 Å². The second-order valence-corrected chi connectivity index (χ2v) is 12.6. The Labute approximate surface area is 263 Å². The molecule has 5 heterocycles. The number of hydrogen-bond acceptors (Lipinski definition) is 7. The Morgan fingerprint density at radius 2 is 2.02 bits per heavy atom. The first-order chi connectivity index (χ1) is 22.2. The van der Waals surface area contributed by atoms with Gasteiger partial charge < -0.3 is 20.1 Å². The fourth-order valence-electron chi connectivity index (χ4n) is 7.26. The number of hydrogen-bond donors (Lipinski definition) is 2. The van der Waals surface area contributed by atoms with E-state index in [0.29, 0.717) is 36.2 Å². The number of benzene rings is 2. The summed E-state index contributed by atoms with van der Waals surface area (Å²) in [6.45, 7) is 3.64. The maximum absolute atomic E-state index is 14.1. The number of pyridine rings is 1. The van der Waals surface area contributed by atoms with Crippen LogP contribution in [0.25, 0.3) is 0 Å². The molecule has 8 rings (SSSR count). The predicted molar refractivity (Wildman–Crippen MR) is 162 cm³/mol. The van der Waals surface area contributed by atoms with Crippen LogP contribution in [-0.2, 0) is 23.9 Å². The number of alkyl halides is 3. The van der Waals surface area contributed by atoms with Gasteiger partial charge in [0.05, 0.1) is 11.5 Å². The molecule has 1 aliphatic carbocycles. The maximum Gasteiger partial charge on any atom is 0.416 e. The summed E-state index contributed by atoms with van der Waals surface area (Å²) in [6.07, 6.45) is 1.41. The van der Waals surface area contributed by atoms with Crippen molar-refractivity contribution in [1.82, 2.24) is 20.1 Å². The highest BCUT2D eigenvalue weighted by atomic mass is 19.4. The standard InChI is InChI=1S/C34H32F3N5O4/c35-34(36,37)26-14-19(3-4-20(26)17-41-12-13-42-11-1-2-21(42)18-41)33(44)39-16-25-30-24-15-22(5-7-27(24)46-31(25)30)45-28-9-10-38-32-23(28)6-8-29(43)40-32/h3-5,7,9-10,14-16,21,30-31H,1-2,6,8,11-13,17-18H2,(H,39,44)(H,38,40,43). The molecule has 12 heteroatoms. The summed E-state index contributed by atoms with van der Waals surface area (Å²) < 4.78 is 54.6. The minimum atomic E-state index is -4.58. The molecular weight excluding hydrogens is 599 g/mol. The van der Waals surface area contributed by atoms with Gasteiger partial charge in [-0.1, -0.05) is 6.07 Å². The lowest BCUT2D eigenvalue weighted by molar-refractivity contribution is -0.138. The van der Waals surface area contributed by atoms with Gasteiger partial charge >= 0.3 is 6.18 Å². The molecule has 5 aliphatic rings. The third kappa shape index (κ3) is 5.39. The van der Waals surface area contributed by atoms with E-state index < -0.39 is 17.6 Å². The monoisotopic (exact) mass is 631 g/mol. The van der Waals surface area contributed by atoms with Crippen LogP contribution in [-0.4, -0.2) is 64.9 Å². The molecule has 3 fully saturated rings. The first kappa shape index (κ1) is 29.0. The van der Waals surface area contributed by atoms with Crippen LogP contribution < -0.4 is 20.1 Å². The van der Waals surface area contributed by atoms with Gasteiger partial charge in [-0.25, -0.2) is 4.98 Å². The number of amides is 2. The number of nitrogens with one attached hydrogen (secondary N) is 2. The molecule has 2 aromatic carbocycles. The topological polar surface area (TPSA) is 96.0 Å². The fourth-order valence-corrected chi connectivity index (χ4v) is 7.26. The van der Waals surface area contributed by atoms with E-state index in [-0.39, 0.29) is 35.6 Å². The molecule has 2 saturated heterocycles. The highest BCUT2D eigenvalue weighted by molar-refractivity contribution is 5.95. The van der Waals surface area contributed by atoms with Crippen LogP contribution >= 0.6 is 0 Å². The van der Waals surface area contributed by atoms with Crippen molar-refractivity contribution >= 4 is 17.6 Å². The normalized spacial score (nSPS) is 24.4. The second-order valence-electron chi connectivity index (χ2n) is 12.6. The summed E-state index contributed by atoms with van der Waals surface area (Å²) in [6, 6.07) is 11.6. The number of piperazine rings is 1. The Balaban J connectivity index is 0.945. The first-order valence-corrected chi connectivity index (χ1v) is 15.6. The molecule has 4 aliphatic heterocycles. The molecule has 3 atom stereocenters. The average molecular weight is 632 g/mol. The first-order valence-electron chi connectivity index (χ1n) is 15.6. The summed E-state index contributed by atoms with van der Waals surface area (Å²) in [4.78, 5) is 33.5. The van der Waals surface area contributed by atoms with E-state index in [1.165, 1.54) is 18.3 Å². The minimum absolute atomic E-state index is 0.0479. The molecule has 0 radical (unpaired) electrons. The molecule has 3 aromatic rings. The van der Waals surface area contributed by atoms with Crippen LogP contribution in [0.5, 0.6) is 17.2 Å². The Bertz CT molecular complexity index is 1780. The van der Waals surface area contributed by atoms with Crippen LogP contribution in [0.1, 0.15) is 57.8 Å². The number of carbonyl (C=O) groups excluding carboxylic acids is 2. The smallest absolute Gasteiger partial charge is 0.416 e. The van der Waals surface area contributed by atoms with Gasteiger partial charge in [-0.2, -0.15) is 13.2 Å². The molecule has 46 heavy (non-hydrogen) atoms. The molecular formula is C34H32F3N5O4. The van der Waals surface area contributed by atoms with Crippen molar-refractivity contribution in [3.8, 4) is 17.2 Å². The van der Waals surface area contributed by atoms with Crippen molar-refractivity contribution in [2.45, 2.75) is 56.5 Å². The zero-order chi connectivity index (χ0) is 31.6. The minimum Gasteiger partial charge on any atom is -0.485 e. The lowest BCUT2D eigenvalue weighted by Gasteiger charge is -2.37. The number of rotatable bonds is 6. The zero-order valence-corrected chi connectivity index (χ0v) is 24.9. The van der Waals surface area contributed by atoms with Crippen molar-refractivity contribution in [2.75, 3.05) is 31.5 Å². The van der Waals surface area contributed by atoms with E-state index in [2.05, 4.69) is 25.4 Å². The summed E-state index contributed by atoms with van der Waals surface area (Å²) in [5.74, 6) is 1.65. The molecule has 1 aromatic heterocycles. The van der Waals surface area contributed by atoms with E-state index in [1.807, 2.05) is 12.1 Å². The fraction of sp³-hybridized carbons (Fsp3) is 0.382. The highest BCUT2D eigenvalue weighted by Gasteiger charge is 2.54. The van der Waals surface area contributed by atoms with Crippen LogP contribution in [0.2, 0.25) is 0 Å². The van der Waals surface area contributed by atoms with Crippen LogP contribution in [0, 0.1) is 0 Å². The van der Waals surface area contributed by atoms with Gasteiger partial charge in [-0.05, 0) is 73.3 Å². The molecule has 1 saturated carbocycles. The molecule has 3 unspecified atom stereocenters. The molecule has 0 spiro atoms. The number of fused-ring (bicyclic) bond motifs is 5. The van der Waals surface area contributed by atoms with E-state index in [1.54, 1.807) is 18.3 Å². The Morgan fingerprint density at radius 1 is 1.13 bits per heavy atom. The molecule has 2 amide bonds. The molecule has 238 valence electrons. The average Bonchev–Trinajstić information content (AvgIpc) is 3.31. The van der Waals surface area contributed by atoms with Crippen LogP contribution in [0.4, 0.5) is 19.0 Å². The quantitative estimate of drug-likeness (QED) is 0.385. The van der Waals surface area contributed by atoms with Crippen LogP contribution in [0.15, 0.2) is 60.4 Å². The van der Waals surface area contributed by atoms with Gasteiger partial charge in [0.2, 0.25) is 5.91 Å². The van der Waals surface area contributed by atoms with E-state index >= 15 is 0 Å². The number of aromatic nitrogens is 1. The van der Waals surface area contributed by atoms with Gasteiger partial charge in [-0.3, -0.25) is 19.4 Å². The van der Waals surface area contributed by atoms with Crippen molar-refractivity contribution in [2.24, 2.45) is 0 Å². The number of ether oxygens (including phenoxy) is 2. The Hall–Kier alpha value is -4.42. The van der Waals surface area contributed by atoms with Gasteiger partial charge in [-0.15, -0.1) is 0 Å². The van der Waals surface area contributed by atoms with Gasteiger partial charge in [0, 0.05) is 67.7 Å². The van der Waals surface area contributed by atoms with Crippen molar-refractivity contribution < 1.29 is 32.2 Å². The second kappa shape index (κ2) is 11.1. The Morgan fingerprint density at radius 3 is 2.89 bits per heavy atom.